The van der Waals surface area contributed by atoms with Gasteiger partial charge in [0.15, 0.2) is 5.16 Å². The molecule has 1 aliphatic carbocycles. The molecular formula is C17H16N2O4S. The van der Waals surface area contributed by atoms with Crippen LogP contribution in [0, 0.1) is 5.92 Å². The number of fused-ring (bicyclic) bond motifs is 1. The van der Waals surface area contributed by atoms with Gasteiger partial charge in [-0.05, 0) is 43.0 Å². The zero-order chi connectivity index (χ0) is 16.5. The van der Waals surface area contributed by atoms with Gasteiger partial charge in [-0.2, -0.15) is 0 Å². The van der Waals surface area contributed by atoms with Crippen LogP contribution in [-0.4, -0.2) is 27.9 Å². The Morgan fingerprint density at radius 1 is 1.25 bits per heavy atom. The number of nitrogens with zero attached hydrogens (tertiary/aromatic N) is 2. The molecule has 1 aliphatic heterocycles. The summed E-state index contributed by atoms with van der Waals surface area (Å²) >= 11 is 1.50. The first-order valence-corrected chi connectivity index (χ1v) is 8.87. The van der Waals surface area contributed by atoms with Crippen LogP contribution in [0.2, 0.25) is 0 Å². The Morgan fingerprint density at radius 2 is 2.00 bits per heavy atom. The monoisotopic (exact) mass is 344 g/mol. The van der Waals surface area contributed by atoms with Crippen molar-refractivity contribution in [1.82, 2.24) is 9.55 Å². The Hall–Kier alpha value is -2.28. The predicted molar refractivity (Wildman–Crippen MR) is 88.8 cm³/mol. The predicted octanol–water partition coefficient (Wildman–Crippen LogP) is 2.36. The van der Waals surface area contributed by atoms with Crippen molar-refractivity contribution in [3.63, 3.8) is 0 Å². The molecule has 6 nitrogen and oxygen atoms in total. The van der Waals surface area contributed by atoms with Crippen LogP contribution in [0.25, 0.3) is 0 Å². The van der Waals surface area contributed by atoms with Crippen molar-refractivity contribution < 1.29 is 14.3 Å². The van der Waals surface area contributed by atoms with E-state index in [-0.39, 0.29) is 11.1 Å². The maximum atomic E-state index is 12.3. The smallest absolute Gasteiger partial charge is 0.350 e. The number of hydrogen-bond acceptors (Lipinski definition) is 6. The summed E-state index contributed by atoms with van der Waals surface area (Å²) < 4.78 is 12.4. The van der Waals surface area contributed by atoms with Gasteiger partial charge in [0.05, 0.1) is 12.8 Å². The summed E-state index contributed by atoms with van der Waals surface area (Å²) in [5.41, 5.74) is -0.394. The first kappa shape index (κ1) is 15.3. The van der Waals surface area contributed by atoms with E-state index < -0.39 is 5.97 Å². The molecule has 0 radical (unpaired) electrons. The summed E-state index contributed by atoms with van der Waals surface area (Å²) in [6, 6.07) is 6.84. The lowest BCUT2D eigenvalue weighted by atomic mass is 10.3. The number of carbonyl (C=O) groups is 1. The lowest BCUT2D eigenvalue weighted by Gasteiger charge is -2.08. The highest BCUT2D eigenvalue weighted by Gasteiger charge is 2.22. The van der Waals surface area contributed by atoms with Crippen LogP contribution in [0.15, 0.2) is 40.4 Å². The van der Waals surface area contributed by atoms with Gasteiger partial charge >= 0.3 is 5.97 Å². The summed E-state index contributed by atoms with van der Waals surface area (Å²) in [5.74, 6) is 1.91. The number of benzene rings is 1. The third kappa shape index (κ3) is 3.17. The highest BCUT2D eigenvalue weighted by molar-refractivity contribution is 7.99. The molecule has 0 atom stereocenters. The van der Waals surface area contributed by atoms with Gasteiger partial charge < -0.3 is 9.47 Å². The highest BCUT2D eigenvalue weighted by Crippen LogP contribution is 2.30. The van der Waals surface area contributed by atoms with Crippen molar-refractivity contribution in [2.24, 2.45) is 5.92 Å². The Balaban J connectivity index is 1.45. The molecule has 124 valence electrons. The summed E-state index contributed by atoms with van der Waals surface area (Å²) in [6.07, 6.45) is 3.76. The number of carbonyl (C=O) groups excluding carboxylic acids is 1. The number of ether oxygens (including phenoxy) is 2. The second-order valence-electron chi connectivity index (χ2n) is 5.88. The van der Waals surface area contributed by atoms with Crippen LogP contribution in [-0.2, 0) is 6.54 Å². The summed E-state index contributed by atoms with van der Waals surface area (Å²) in [4.78, 5) is 28.7. The molecular weight excluding hydrogens is 328 g/mol. The molecule has 1 aromatic carbocycles. The number of aromatic nitrogens is 2. The van der Waals surface area contributed by atoms with Crippen molar-refractivity contribution in [2.45, 2.75) is 24.5 Å². The van der Waals surface area contributed by atoms with E-state index >= 15 is 0 Å². The molecule has 2 aromatic rings. The number of esters is 1. The van der Waals surface area contributed by atoms with Crippen LogP contribution in [0.4, 0.5) is 0 Å². The average Bonchev–Trinajstić information content (AvgIpc) is 3.29. The molecule has 24 heavy (non-hydrogen) atoms. The molecule has 0 saturated heterocycles. The van der Waals surface area contributed by atoms with Crippen LogP contribution < -0.4 is 15.0 Å². The second-order valence-corrected chi connectivity index (χ2v) is 6.94. The van der Waals surface area contributed by atoms with Gasteiger partial charge in [0.1, 0.15) is 17.1 Å². The topological polar surface area (TPSA) is 70.4 Å². The van der Waals surface area contributed by atoms with Gasteiger partial charge in [-0.3, -0.25) is 9.36 Å². The molecule has 2 heterocycles. The van der Waals surface area contributed by atoms with E-state index in [2.05, 4.69) is 4.98 Å². The Morgan fingerprint density at radius 3 is 2.75 bits per heavy atom. The first-order chi connectivity index (χ1) is 11.7. The molecule has 0 bridgehead atoms. The Kier molecular flexibility index (Phi) is 4.02. The van der Waals surface area contributed by atoms with Gasteiger partial charge in [-0.25, -0.2) is 9.78 Å². The summed E-state index contributed by atoms with van der Waals surface area (Å²) in [7, 11) is 0. The normalized spacial score (nSPS) is 15.8. The van der Waals surface area contributed by atoms with E-state index in [0.29, 0.717) is 23.4 Å². The summed E-state index contributed by atoms with van der Waals surface area (Å²) in [6.45, 7) is 1.30. The fraction of sp³-hybridized carbons (Fsp3) is 0.353. The van der Waals surface area contributed by atoms with Crippen LogP contribution in [0.5, 0.6) is 11.5 Å². The van der Waals surface area contributed by atoms with Gasteiger partial charge in [0.2, 0.25) is 0 Å². The van der Waals surface area contributed by atoms with Crippen LogP contribution in [0.3, 0.4) is 0 Å². The zero-order valence-electron chi connectivity index (χ0n) is 12.9. The largest absolute Gasteiger partial charge is 0.493 e. The number of thioether (sulfide) groups is 1. The van der Waals surface area contributed by atoms with Gasteiger partial charge in [0, 0.05) is 12.3 Å². The molecule has 0 amide bonds. The zero-order valence-corrected chi connectivity index (χ0v) is 13.8. The van der Waals surface area contributed by atoms with E-state index in [1.807, 2.05) is 0 Å². The molecule has 0 spiro atoms. The first-order valence-electron chi connectivity index (χ1n) is 7.88. The Bertz CT molecular complexity index is 827. The van der Waals surface area contributed by atoms with E-state index in [1.54, 1.807) is 24.3 Å². The van der Waals surface area contributed by atoms with Crippen molar-refractivity contribution in [3.8, 4) is 11.5 Å². The minimum atomic E-state index is -0.689. The minimum absolute atomic E-state index is 0.0460. The van der Waals surface area contributed by atoms with E-state index in [4.69, 9.17) is 9.47 Å². The molecule has 0 unspecified atom stereocenters. The maximum absolute atomic E-state index is 12.3. The Labute approximate surface area is 142 Å². The van der Waals surface area contributed by atoms with Crippen LogP contribution in [0.1, 0.15) is 23.2 Å². The highest BCUT2D eigenvalue weighted by atomic mass is 32.2. The molecule has 1 fully saturated rings. The number of hydrogen-bond donors (Lipinski definition) is 0. The molecule has 1 saturated carbocycles. The van der Waals surface area contributed by atoms with Crippen molar-refractivity contribution in [2.75, 3.05) is 12.4 Å². The summed E-state index contributed by atoms with van der Waals surface area (Å²) in [5, 5.41) is 0.647. The van der Waals surface area contributed by atoms with Crippen molar-refractivity contribution >= 4 is 17.7 Å². The average molecular weight is 344 g/mol. The van der Waals surface area contributed by atoms with Crippen molar-refractivity contribution in [1.29, 1.82) is 0 Å². The van der Waals surface area contributed by atoms with Crippen molar-refractivity contribution in [3.05, 3.63) is 46.4 Å². The molecule has 2 aliphatic rings. The van der Waals surface area contributed by atoms with E-state index in [1.165, 1.54) is 35.4 Å². The molecule has 0 N–H and O–H groups in total. The van der Waals surface area contributed by atoms with Gasteiger partial charge in [-0.1, -0.05) is 11.8 Å². The van der Waals surface area contributed by atoms with E-state index in [9.17, 15) is 9.59 Å². The standard InChI is InChI=1S/C17H16N2O4S/c20-15-14(9-18-17-19(15)7-8-24-17)16(21)23-13-5-3-12(4-6-13)22-10-11-1-2-11/h3-6,9,11H,1-2,7-8,10H2. The van der Waals surface area contributed by atoms with Gasteiger partial charge in [-0.15, -0.1) is 0 Å². The van der Waals surface area contributed by atoms with E-state index in [0.717, 1.165) is 18.1 Å². The SMILES string of the molecule is O=C(Oc1ccc(OCC2CC2)cc1)c1cnc2n(c1=O)CCS2. The van der Waals surface area contributed by atoms with Crippen LogP contribution >= 0.6 is 11.8 Å². The quantitative estimate of drug-likeness (QED) is 0.471. The second kappa shape index (κ2) is 6.32. The molecule has 4 rings (SSSR count). The third-order valence-electron chi connectivity index (χ3n) is 3.99. The third-order valence-corrected chi connectivity index (χ3v) is 4.96. The van der Waals surface area contributed by atoms with Gasteiger partial charge in [0.25, 0.3) is 5.56 Å². The lowest BCUT2D eigenvalue weighted by molar-refractivity contribution is 0.0731. The lowest BCUT2D eigenvalue weighted by Crippen LogP contribution is -2.28. The molecule has 7 heteroatoms. The molecule has 1 aromatic heterocycles. The fourth-order valence-electron chi connectivity index (χ4n) is 2.42. The fourth-order valence-corrected chi connectivity index (χ4v) is 3.34. The number of rotatable bonds is 5. The maximum Gasteiger partial charge on any atom is 0.350 e. The minimum Gasteiger partial charge on any atom is -0.493 e.